The van der Waals surface area contributed by atoms with Gasteiger partial charge in [0.2, 0.25) is 0 Å². The Morgan fingerprint density at radius 3 is 2.43 bits per heavy atom. The minimum absolute atomic E-state index is 0.210. The molecule has 23 heavy (non-hydrogen) atoms. The smallest absolute Gasteiger partial charge is 0.270 e. The Kier molecular flexibility index (Phi) is 5.04. The number of aryl methyl sites for hydroxylation is 2. The highest BCUT2D eigenvalue weighted by atomic mass is 79.9. The van der Waals surface area contributed by atoms with E-state index in [1.54, 1.807) is 13.0 Å². The van der Waals surface area contributed by atoms with Crippen LogP contribution >= 0.6 is 15.9 Å². The lowest BCUT2D eigenvalue weighted by Crippen LogP contribution is -2.41. The van der Waals surface area contributed by atoms with E-state index in [9.17, 15) is 4.79 Å². The molecule has 1 heterocycles. The second-order valence-electron chi connectivity index (χ2n) is 6.48. The first-order chi connectivity index (χ1) is 10.6. The predicted molar refractivity (Wildman–Crippen MR) is 96.1 cm³/mol. The molecule has 0 spiro atoms. The Morgan fingerprint density at radius 2 is 1.83 bits per heavy atom. The Hall–Kier alpha value is -1.95. The van der Waals surface area contributed by atoms with Crippen LogP contribution in [0.25, 0.3) is 0 Å². The first kappa shape index (κ1) is 17.4. The zero-order chi connectivity index (χ0) is 17.2. The van der Waals surface area contributed by atoms with E-state index in [0.29, 0.717) is 17.3 Å². The van der Waals surface area contributed by atoms with Gasteiger partial charge in [0.25, 0.3) is 5.91 Å². The monoisotopic (exact) mass is 376 g/mol. The Bertz CT molecular complexity index is 738. The van der Waals surface area contributed by atoms with Gasteiger partial charge in [-0.1, -0.05) is 15.9 Å². The van der Waals surface area contributed by atoms with Crippen molar-refractivity contribution in [2.45, 2.75) is 40.2 Å². The van der Waals surface area contributed by atoms with Crippen LogP contribution < -0.4 is 10.6 Å². The fraction of sp³-hybridized carbons (Fsp3) is 0.353. The third-order valence-corrected chi connectivity index (χ3v) is 3.88. The van der Waals surface area contributed by atoms with Gasteiger partial charge in [0.15, 0.2) is 0 Å². The van der Waals surface area contributed by atoms with Crippen LogP contribution in [0.2, 0.25) is 0 Å². The Balaban J connectivity index is 2.26. The molecule has 1 aromatic heterocycles. The minimum atomic E-state index is -0.313. The van der Waals surface area contributed by atoms with Crippen molar-refractivity contribution in [3.05, 3.63) is 45.8 Å². The van der Waals surface area contributed by atoms with E-state index in [1.807, 2.05) is 45.9 Å². The summed E-state index contributed by atoms with van der Waals surface area (Å²) in [7, 11) is 0. The molecule has 0 fully saturated rings. The highest BCUT2D eigenvalue weighted by Gasteiger charge is 2.17. The Morgan fingerprint density at radius 1 is 1.13 bits per heavy atom. The molecule has 0 radical (unpaired) electrons. The van der Waals surface area contributed by atoms with E-state index in [-0.39, 0.29) is 11.4 Å². The summed E-state index contributed by atoms with van der Waals surface area (Å²) in [6.45, 7) is 9.59. The van der Waals surface area contributed by atoms with Crippen LogP contribution in [0.4, 0.5) is 11.5 Å². The van der Waals surface area contributed by atoms with E-state index in [2.05, 4.69) is 36.5 Å². The van der Waals surface area contributed by atoms with Crippen molar-refractivity contribution in [3.8, 4) is 0 Å². The molecule has 5 nitrogen and oxygen atoms in total. The molecule has 2 N–H and O–H groups in total. The first-order valence-electron chi connectivity index (χ1n) is 7.35. The molecular weight excluding hydrogens is 356 g/mol. The fourth-order valence-corrected chi connectivity index (χ4v) is 2.27. The summed E-state index contributed by atoms with van der Waals surface area (Å²) in [5, 5.41) is 6.13. The largest absolute Gasteiger partial charge is 0.346 e. The molecule has 0 atom stereocenters. The molecule has 122 valence electrons. The quantitative estimate of drug-likeness (QED) is 0.844. The second-order valence-corrected chi connectivity index (χ2v) is 7.33. The normalized spacial score (nSPS) is 11.2. The summed E-state index contributed by atoms with van der Waals surface area (Å²) in [4.78, 5) is 20.8. The van der Waals surface area contributed by atoms with E-state index in [0.717, 1.165) is 15.7 Å². The van der Waals surface area contributed by atoms with Crippen molar-refractivity contribution in [1.82, 2.24) is 15.3 Å². The van der Waals surface area contributed by atoms with Gasteiger partial charge in [-0.2, -0.15) is 0 Å². The highest BCUT2D eigenvalue weighted by Crippen LogP contribution is 2.22. The number of amides is 1. The van der Waals surface area contributed by atoms with Gasteiger partial charge in [0, 0.05) is 21.8 Å². The van der Waals surface area contributed by atoms with E-state index in [1.165, 1.54) is 0 Å². The third-order valence-electron chi connectivity index (χ3n) is 2.99. The number of carbonyl (C=O) groups is 1. The number of hydrogen-bond donors (Lipinski definition) is 2. The maximum Gasteiger partial charge on any atom is 0.270 e. The van der Waals surface area contributed by atoms with Crippen LogP contribution in [-0.4, -0.2) is 21.4 Å². The van der Waals surface area contributed by atoms with Gasteiger partial charge in [-0.05, 0) is 58.4 Å². The second kappa shape index (κ2) is 6.66. The molecule has 0 saturated heterocycles. The van der Waals surface area contributed by atoms with Gasteiger partial charge in [-0.15, -0.1) is 0 Å². The zero-order valence-electron chi connectivity index (χ0n) is 14.0. The SMILES string of the molecule is Cc1nc(Nc2ccc(Br)c(C)c2)cc(C(=O)NC(C)(C)C)n1. The molecule has 2 aromatic rings. The van der Waals surface area contributed by atoms with Gasteiger partial charge < -0.3 is 10.6 Å². The van der Waals surface area contributed by atoms with Crippen LogP contribution in [-0.2, 0) is 0 Å². The first-order valence-corrected chi connectivity index (χ1v) is 8.15. The number of halogens is 1. The van der Waals surface area contributed by atoms with Crippen molar-refractivity contribution >= 4 is 33.3 Å². The Labute approximate surface area is 145 Å². The maximum absolute atomic E-state index is 12.3. The topological polar surface area (TPSA) is 66.9 Å². The van der Waals surface area contributed by atoms with Crippen molar-refractivity contribution in [1.29, 1.82) is 0 Å². The van der Waals surface area contributed by atoms with Crippen LogP contribution in [0.3, 0.4) is 0 Å². The van der Waals surface area contributed by atoms with Crippen LogP contribution in [0, 0.1) is 13.8 Å². The summed E-state index contributed by atoms with van der Waals surface area (Å²) in [5.74, 6) is 0.930. The van der Waals surface area contributed by atoms with Gasteiger partial charge in [-0.3, -0.25) is 4.79 Å². The summed E-state index contributed by atoms with van der Waals surface area (Å²) in [6.07, 6.45) is 0. The van der Waals surface area contributed by atoms with Crippen LogP contribution in [0.15, 0.2) is 28.7 Å². The van der Waals surface area contributed by atoms with E-state index in [4.69, 9.17) is 0 Å². The molecular formula is C17H21BrN4O. The number of hydrogen-bond acceptors (Lipinski definition) is 4. The standard InChI is InChI=1S/C17H21BrN4O/c1-10-8-12(6-7-13(10)18)21-15-9-14(19-11(2)20-15)16(23)22-17(3,4)5/h6-9H,1-5H3,(H,22,23)(H,19,20,21). The minimum Gasteiger partial charge on any atom is -0.346 e. The fourth-order valence-electron chi connectivity index (χ4n) is 2.02. The zero-order valence-corrected chi connectivity index (χ0v) is 15.6. The molecule has 0 aliphatic carbocycles. The molecule has 0 saturated carbocycles. The predicted octanol–water partition coefficient (Wildman–Crippen LogP) is 4.13. The molecule has 0 bridgehead atoms. The summed E-state index contributed by atoms with van der Waals surface area (Å²) in [5.41, 5.74) is 2.06. The third kappa shape index (κ3) is 5.03. The summed E-state index contributed by atoms with van der Waals surface area (Å²) in [6, 6.07) is 7.59. The van der Waals surface area contributed by atoms with Crippen molar-refractivity contribution in [2.75, 3.05) is 5.32 Å². The maximum atomic E-state index is 12.3. The number of carbonyl (C=O) groups excluding carboxylic acids is 1. The van der Waals surface area contributed by atoms with Crippen molar-refractivity contribution < 1.29 is 4.79 Å². The lowest BCUT2D eigenvalue weighted by atomic mass is 10.1. The van der Waals surface area contributed by atoms with Gasteiger partial charge >= 0.3 is 0 Å². The number of rotatable bonds is 3. The lowest BCUT2D eigenvalue weighted by molar-refractivity contribution is 0.0914. The lowest BCUT2D eigenvalue weighted by Gasteiger charge is -2.20. The molecule has 1 aromatic carbocycles. The molecule has 6 heteroatoms. The van der Waals surface area contributed by atoms with Gasteiger partial charge in [-0.25, -0.2) is 9.97 Å². The summed E-state index contributed by atoms with van der Waals surface area (Å²) < 4.78 is 1.05. The number of nitrogens with one attached hydrogen (secondary N) is 2. The highest BCUT2D eigenvalue weighted by molar-refractivity contribution is 9.10. The molecule has 0 aliphatic heterocycles. The number of nitrogens with zero attached hydrogens (tertiary/aromatic N) is 2. The van der Waals surface area contributed by atoms with Crippen LogP contribution in [0.5, 0.6) is 0 Å². The van der Waals surface area contributed by atoms with Crippen molar-refractivity contribution in [2.24, 2.45) is 0 Å². The molecule has 1 amide bonds. The van der Waals surface area contributed by atoms with Gasteiger partial charge in [0.1, 0.15) is 17.3 Å². The summed E-state index contributed by atoms with van der Waals surface area (Å²) >= 11 is 3.48. The van der Waals surface area contributed by atoms with Gasteiger partial charge in [0.05, 0.1) is 0 Å². The number of aromatic nitrogens is 2. The van der Waals surface area contributed by atoms with E-state index >= 15 is 0 Å². The average molecular weight is 377 g/mol. The molecule has 0 aliphatic rings. The average Bonchev–Trinajstić information content (AvgIpc) is 2.40. The molecule has 2 rings (SSSR count). The van der Waals surface area contributed by atoms with E-state index < -0.39 is 0 Å². The van der Waals surface area contributed by atoms with Crippen molar-refractivity contribution in [3.63, 3.8) is 0 Å². The van der Waals surface area contributed by atoms with Crippen LogP contribution in [0.1, 0.15) is 42.6 Å². The number of anilines is 2. The molecule has 0 unspecified atom stereocenters. The number of benzene rings is 1.